The predicted molar refractivity (Wildman–Crippen MR) is 81.3 cm³/mol. The minimum Gasteiger partial charge on any atom is -0.497 e. The first kappa shape index (κ1) is 16.8. The van der Waals surface area contributed by atoms with Gasteiger partial charge in [-0.15, -0.1) is 0 Å². The molecule has 0 amide bonds. The van der Waals surface area contributed by atoms with Gasteiger partial charge in [0.25, 0.3) is 0 Å². The van der Waals surface area contributed by atoms with Crippen LogP contribution in [0.2, 0.25) is 0 Å². The summed E-state index contributed by atoms with van der Waals surface area (Å²) >= 11 is 0. The van der Waals surface area contributed by atoms with Crippen molar-refractivity contribution in [2.75, 3.05) is 12.8 Å². The van der Waals surface area contributed by atoms with E-state index >= 15 is 0 Å². The predicted octanol–water partition coefficient (Wildman–Crippen LogP) is 2.52. The highest BCUT2D eigenvalue weighted by Crippen LogP contribution is 2.24. The van der Waals surface area contributed by atoms with Crippen molar-refractivity contribution < 1.29 is 13.2 Å². The van der Waals surface area contributed by atoms with E-state index in [-0.39, 0.29) is 16.6 Å². The molecule has 0 aliphatic carbocycles. The van der Waals surface area contributed by atoms with Crippen molar-refractivity contribution >= 4 is 15.7 Å². The molecule has 1 aromatic rings. The summed E-state index contributed by atoms with van der Waals surface area (Å²) in [5.74, 6) is 0.539. The first-order valence-electron chi connectivity index (χ1n) is 6.86. The quantitative estimate of drug-likeness (QED) is 0.571. The Bertz CT molecular complexity index is 529. The lowest BCUT2D eigenvalue weighted by molar-refractivity contribution is 0.414. The summed E-state index contributed by atoms with van der Waals surface area (Å²) < 4.78 is 32.2. The van der Waals surface area contributed by atoms with Gasteiger partial charge in [-0.3, -0.25) is 0 Å². The number of nitrogens with one attached hydrogen (secondary N) is 1. The van der Waals surface area contributed by atoms with E-state index in [1.54, 1.807) is 6.07 Å². The molecule has 0 radical (unpaired) electrons. The molecule has 6 heteroatoms. The van der Waals surface area contributed by atoms with Gasteiger partial charge in [0.05, 0.1) is 12.8 Å². The number of sulfonamides is 1. The van der Waals surface area contributed by atoms with Gasteiger partial charge in [-0.05, 0) is 25.5 Å². The van der Waals surface area contributed by atoms with E-state index in [1.165, 1.54) is 19.2 Å². The lowest BCUT2D eigenvalue weighted by Crippen LogP contribution is -2.33. The highest BCUT2D eigenvalue weighted by molar-refractivity contribution is 7.89. The van der Waals surface area contributed by atoms with Crippen LogP contribution in [-0.2, 0) is 10.0 Å². The Balaban J connectivity index is 2.78. The molecule has 0 bridgehead atoms. The maximum absolute atomic E-state index is 12.3. The average Bonchev–Trinajstić information content (AvgIpc) is 2.37. The van der Waals surface area contributed by atoms with Gasteiger partial charge in [0.1, 0.15) is 10.6 Å². The van der Waals surface area contributed by atoms with Crippen LogP contribution in [0.1, 0.15) is 39.5 Å². The molecule has 0 saturated heterocycles. The summed E-state index contributed by atoms with van der Waals surface area (Å²) in [6.45, 7) is 3.99. The van der Waals surface area contributed by atoms with Crippen molar-refractivity contribution in [1.82, 2.24) is 4.72 Å². The molecule has 0 aromatic heterocycles. The third-order valence-electron chi connectivity index (χ3n) is 3.10. The number of hydrogen-bond acceptors (Lipinski definition) is 4. The van der Waals surface area contributed by atoms with Crippen molar-refractivity contribution in [3.05, 3.63) is 18.2 Å². The van der Waals surface area contributed by atoms with Crippen molar-refractivity contribution in [1.29, 1.82) is 0 Å². The van der Waals surface area contributed by atoms with Gasteiger partial charge in [-0.25, -0.2) is 13.1 Å². The topological polar surface area (TPSA) is 81.4 Å². The lowest BCUT2D eigenvalue weighted by Gasteiger charge is -2.15. The van der Waals surface area contributed by atoms with Crippen LogP contribution in [0.5, 0.6) is 5.75 Å². The van der Waals surface area contributed by atoms with Crippen molar-refractivity contribution in [3.8, 4) is 5.75 Å². The molecule has 0 aliphatic rings. The zero-order valence-corrected chi connectivity index (χ0v) is 13.2. The highest BCUT2D eigenvalue weighted by Gasteiger charge is 2.20. The third-order valence-corrected chi connectivity index (χ3v) is 4.77. The highest BCUT2D eigenvalue weighted by atomic mass is 32.2. The van der Waals surface area contributed by atoms with E-state index in [2.05, 4.69) is 11.6 Å². The second-order valence-electron chi connectivity index (χ2n) is 4.92. The van der Waals surface area contributed by atoms with E-state index in [1.807, 2.05) is 6.92 Å². The third kappa shape index (κ3) is 4.68. The van der Waals surface area contributed by atoms with E-state index in [4.69, 9.17) is 10.5 Å². The number of nitrogen functional groups attached to an aromatic ring is 1. The van der Waals surface area contributed by atoms with Crippen LogP contribution in [-0.4, -0.2) is 21.6 Å². The molecule has 1 aromatic carbocycles. The minimum absolute atomic E-state index is 0.0978. The van der Waals surface area contributed by atoms with Gasteiger partial charge in [0.15, 0.2) is 0 Å². The maximum Gasteiger partial charge on any atom is 0.242 e. The molecular weight excluding hydrogens is 276 g/mol. The fourth-order valence-corrected chi connectivity index (χ4v) is 3.38. The summed E-state index contributed by atoms with van der Waals surface area (Å²) in [6.07, 6.45) is 4.06. The Morgan fingerprint density at radius 3 is 2.60 bits per heavy atom. The molecule has 114 valence electrons. The SMILES string of the molecule is CCCCCC(C)NS(=O)(=O)c1ccc(OC)cc1N. The molecule has 0 spiro atoms. The molecule has 1 rings (SSSR count). The van der Waals surface area contributed by atoms with Crippen molar-refractivity contribution in [3.63, 3.8) is 0 Å². The summed E-state index contributed by atoms with van der Waals surface area (Å²) in [5.41, 5.74) is 5.97. The first-order valence-corrected chi connectivity index (χ1v) is 8.35. The number of rotatable bonds is 8. The first-order chi connectivity index (χ1) is 9.40. The van der Waals surface area contributed by atoms with E-state index in [9.17, 15) is 8.42 Å². The van der Waals surface area contributed by atoms with Crippen LogP contribution in [0.3, 0.4) is 0 Å². The van der Waals surface area contributed by atoms with Crippen LogP contribution < -0.4 is 15.2 Å². The second kappa shape index (κ2) is 7.50. The lowest BCUT2D eigenvalue weighted by atomic mass is 10.1. The summed E-state index contributed by atoms with van der Waals surface area (Å²) in [4.78, 5) is 0.0978. The van der Waals surface area contributed by atoms with Crippen LogP contribution in [0.4, 0.5) is 5.69 Å². The molecule has 0 saturated carbocycles. The minimum atomic E-state index is -3.58. The van der Waals surface area contributed by atoms with E-state index < -0.39 is 10.0 Å². The van der Waals surface area contributed by atoms with Crippen LogP contribution in [0, 0.1) is 0 Å². The molecule has 1 unspecified atom stereocenters. The Labute approximate surface area is 121 Å². The molecule has 1 atom stereocenters. The summed E-state index contributed by atoms with van der Waals surface area (Å²) in [7, 11) is -2.07. The fraction of sp³-hybridized carbons (Fsp3) is 0.571. The number of hydrogen-bond donors (Lipinski definition) is 2. The smallest absolute Gasteiger partial charge is 0.242 e. The molecule has 0 aliphatic heterocycles. The standard InChI is InChI=1S/C14H24N2O3S/c1-4-5-6-7-11(2)16-20(17,18)14-9-8-12(19-3)10-13(14)15/h8-11,16H,4-7,15H2,1-3H3. The van der Waals surface area contributed by atoms with Gasteiger partial charge >= 0.3 is 0 Å². The van der Waals surface area contributed by atoms with Gasteiger partial charge in [0, 0.05) is 12.1 Å². The van der Waals surface area contributed by atoms with Crippen LogP contribution >= 0.6 is 0 Å². The average molecular weight is 300 g/mol. The van der Waals surface area contributed by atoms with Gasteiger partial charge in [-0.2, -0.15) is 0 Å². The van der Waals surface area contributed by atoms with E-state index in [0.29, 0.717) is 5.75 Å². The fourth-order valence-electron chi connectivity index (χ4n) is 1.99. The molecule has 20 heavy (non-hydrogen) atoms. The molecule has 5 nitrogen and oxygen atoms in total. The zero-order valence-electron chi connectivity index (χ0n) is 12.3. The zero-order chi connectivity index (χ0) is 15.2. The number of unbranched alkanes of at least 4 members (excludes halogenated alkanes) is 2. The van der Waals surface area contributed by atoms with Crippen LogP contribution in [0.15, 0.2) is 23.1 Å². The summed E-state index contributed by atoms with van der Waals surface area (Å²) in [6, 6.07) is 4.46. The number of ether oxygens (including phenoxy) is 1. The maximum atomic E-state index is 12.3. The van der Waals surface area contributed by atoms with Crippen LogP contribution in [0.25, 0.3) is 0 Å². The number of benzene rings is 1. The number of nitrogens with two attached hydrogens (primary N) is 1. The molecule has 0 heterocycles. The normalized spacial score (nSPS) is 13.2. The summed E-state index contributed by atoms with van der Waals surface area (Å²) in [5, 5.41) is 0. The monoisotopic (exact) mass is 300 g/mol. The van der Waals surface area contributed by atoms with Gasteiger partial charge in [-0.1, -0.05) is 26.2 Å². The van der Waals surface area contributed by atoms with Crippen molar-refractivity contribution in [2.24, 2.45) is 0 Å². The Hall–Kier alpha value is -1.27. The second-order valence-corrected chi connectivity index (χ2v) is 6.60. The molecule has 3 N–H and O–H groups in total. The van der Waals surface area contributed by atoms with Gasteiger partial charge < -0.3 is 10.5 Å². The molecule has 0 fully saturated rings. The Morgan fingerprint density at radius 1 is 1.35 bits per heavy atom. The van der Waals surface area contributed by atoms with E-state index in [0.717, 1.165) is 25.7 Å². The number of methoxy groups -OCH3 is 1. The largest absolute Gasteiger partial charge is 0.497 e. The van der Waals surface area contributed by atoms with Gasteiger partial charge in [0.2, 0.25) is 10.0 Å². The Kier molecular flexibility index (Phi) is 6.29. The Morgan fingerprint density at radius 2 is 2.05 bits per heavy atom. The molecular formula is C14H24N2O3S. The number of anilines is 1. The van der Waals surface area contributed by atoms with Crippen molar-refractivity contribution in [2.45, 2.75) is 50.5 Å².